The van der Waals surface area contributed by atoms with Crippen molar-refractivity contribution >= 4 is 17.2 Å². The summed E-state index contributed by atoms with van der Waals surface area (Å²) in [6, 6.07) is 2.40. The molecule has 0 aliphatic carbocycles. The molecule has 5 nitrogen and oxygen atoms in total. The van der Waals surface area contributed by atoms with Crippen LogP contribution in [-0.2, 0) is 16.0 Å². The Balaban J connectivity index is 1.57. The number of aromatic nitrogens is 2. The highest BCUT2D eigenvalue weighted by atomic mass is 32.1. The second-order valence-electron chi connectivity index (χ2n) is 6.21. The lowest BCUT2D eigenvalue weighted by Gasteiger charge is -2.17. The number of thiophene rings is 1. The van der Waals surface area contributed by atoms with Crippen molar-refractivity contribution in [1.29, 1.82) is 0 Å². The van der Waals surface area contributed by atoms with Gasteiger partial charge in [-0.1, -0.05) is 0 Å². The summed E-state index contributed by atoms with van der Waals surface area (Å²) in [5.41, 5.74) is 2.27. The third-order valence-corrected chi connectivity index (χ3v) is 4.93. The number of hydrogen-bond donors (Lipinski definition) is 1. The number of ether oxygens (including phenoxy) is 1. The number of carbonyl (C=O) groups is 1. The summed E-state index contributed by atoms with van der Waals surface area (Å²) in [4.78, 5) is 12.5. The summed E-state index contributed by atoms with van der Waals surface area (Å²) in [6.45, 7) is 5.46. The lowest BCUT2D eigenvalue weighted by molar-refractivity contribution is -0.126. The molecule has 3 rings (SSSR count). The van der Waals surface area contributed by atoms with Gasteiger partial charge in [-0.2, -0.15) is 16.4 Å². The van der Waals surface area contributed by atoms with E-state index in [0.29, 0.717) is 19.2 Å². The van der Waals surface area contributed by atoms with Crippen molar-refractivity contribution in [3.05, 3.63) is 40.3 Å². The van der Waals surface area contributed by atoms with Crippen LogP contribution in [0.1, 0.15) is 43.5 Å². The van der Waals surface area contributed by atoms with E-state index < -0.39 is 0 Å². The van der Waals surface area contributed by atoms with Crippen LogP contribution in [0.5, 0.6) is 0 Å². The molecular weight excluding hydrogens is 310 g/mol. The highest BCUT2D eigenvalue weighted by Crippen LogP contribution is 2.34. The summed E-state index contributed by atoms with van der Waals surface area (Å²) in [7, 11) is 0. The van der Waals surface area contributed by atoms with Gasteiger partial charge in [0, 0.05) is 31.0 Å². The van der Waals surface area contributed by atoms with Gasteiger partial charge in [-0.15, -0.1) is 0 Å². The van der Waals surface area contributed by atoms with Gasteiger partial charge in [0.2, 0.25) is 5.91 Å². The molecule has 0 unspecified atom stereocenters. The smallest absolute Gasteiger partial charge is 0.226 e. The summed E-state index contributed by atoms with van der Waals surface area (Å²) < 4.78 is 7.71. The van der Waals surface area contributed by atoms with Gasteiger partial charge in [0.25, 0.3) is 0 Å². The molecule has 1 saturated heterocycles. The fraction of sp³-hybridized carbons (Fsp3) is 0.529. The molecule has 6 heteroatoms. The summed E-state index contributed by atoms with van der Waals surface area (Å²) in [5, 5.41) is 11.6. The zero-order valence-corrected chi connectivity index (χ0v) is 14.4. The van der Waals surface area contributed by atoms with Crippen molar-refractivity contribution in [1.82, 2.24) is 15.1 Å². The average molecular weight is 333 g/mol. The van der Waals surface area contributed by atoms with E-state index in [-0.39, 0.29) is 17.9 Å². The molecule has 2 aromatic heterocycles. The van der Waals surface area contributed by atoms with Gasteiger partial charge in [-0.25, -0.2) is 0 Å². The number of hydrogen-bond acceptors (Lipinski definition) is 4. The van der Waals surface area contributed by atoms with Gasteiger partial charge in [-0.05, 0) is 49.1 Å². The minimum Gasteiger partial charge on any atom is -0.373 e. The van der Waals surface area contributed by atoms with E-state index in [2.05, 4.69) is 41.1 Å². The molecule has 1 aliphatic rings. The van der Waals surface area contributed by atoms with Crippen LogP contribution in [0.2, 0.25) is 0 Å². The Kier molecular flexibility index (Phi) is 5.13. The largest absolute Gasteiger partial charge is 0.373 e. The Morgan fingerprint density at radius 1 is 1.57 bits per heavy atom. The normalized spacial score (nSPS) is 21.0. The van der Waals surface area contributed by atoms with Crippen molar-refractivity contribution in [2.24, 2.45) is 5.92 Å². The molecule has 0 saturated carbocycles. The molecule has 0 spiro atoms. The molecule has 1 aliphatic heterocycles. The fourth-order valence-corrected chi connectivity index (χ4v) is 3.57. The lowest BCUT2D eigenvalue weighted by atomic mass is 9.96. The third kappa shape index (κ3) is 3.82. The van der Waals surface area contributed by atoms with E-state index in [9.17, 15) is 4.79 Å². The average Bonchev–Trinajstić information content (AvgIpc) is 3.27. The van der Waals surface area contributed by atoms with Gasteiger partial charge < -0.3 is 10.1 Å². The molecule has 0 aromatic carbocycles. The predicted octanol–water partition coefficient (Wildman–Crippen LogP) is 2.96. The van der Waals surface area contributed by atoms with Gasteiger partial charge in [0.15, 0.2) is 0 Å². The highest BCUT2D eigenvalue weighted by Gasteiger charge is 2.35. The number of nitrogens with one attached hydrogen (secondary N) is 1. The van der Waals surface area contributed by atoms with Crippen molar-refractivity contribution in [2.45, 2.75) is 38.8 Å². The Morgan fingerprint density at radius 3 is 3.13 bits per heavy atom. The lowest BCUT2D eigenvalue weighted by Crippen LogP contribution is -2.33. The second-order valence-corrected chi connectivity index (χ2v) is 6.99. The minimum absolute atomic E-state index is 0.0834. The number of carbonyl (C=O) groups excluding carboxylic acids is 1. The maximum absolute atomic E-state index is 12.5. The molecular formula is C17H23N3O2S. The van der Waals surface area contributed by atoms with E-state index in [1.165, 1.54) is 5.56 Å². The molecule has 1 amide bonds. The summed E-state index contributed by atoms with van der Waals surface area (Å²) in [6.07, 6.45) is 5.28. The number of nitrogens with zero attached hydrogens (tertiary/aromatic N) is 2. The molecule has 2 atom stereocenters. The van der Waals surface area contributed by atoms with Crippen LogP contribution >= 0.6 is 11.3 Å². The van der Waals surface area contributed by atoms with Gasteiger partial charge >= 0.3 is 0 Å². The first-order chi connectivity index (χ1) is 11.1. The molecule has 23 heavy (non-hydrogen) atoms. The SMILES string of the molecule is CC(C)n1cc([C@@H]2OCC[C@H]2C(=O)NCCc2ccsc2)cn1. The standard InChI is InChI=1S/C17H23N3O2S/c1-12(2)20-10-14(9-19-20)16-15(4-7-22-16)17(21)18-6-3-13-5-8-23-11-13/h5,8-12,15-16H,3-4,6-7H2,1-2H3,(H,18,21)/t15-,16+/m1/s1. The van der Waals surface area contributed by atoms with Crippen molar-refractivity contribution < 1.29 is 9.53 Å². The van der Waals surface area contributed by atoms with Crippen molar-refractivity contribution in [2.75, 3.05) is 13.2 Å². The first-order valence-electron chi connectivity index (χ1n) is 8.09. The van der Waals surface area contributed by atoms with Crippen molar-refractivity contribution in [3.63, 3.8) is 0 Å². The monoisotopic (exact) mass is 333 g/mol. The maximum atomic E-state index is 12.5. The topological polar surface area (TPSA) is 56.1 Å². The molecule has 124 valence electrons. The Hall–Kier alpha value is -1.66. The molecule has 3 heterocycles. The Morgan fingerprint density at radius 2 is 2.43 bits per heavy atom. The Labute approximate surface area is 140 Å². The Bertz CT molecular complexity index is 636. The first-order valence-corrected chi connectivity index (χ1v) is 9.04. The zero-order valence-electron chi connectivity index (χ0n) is 13.6. The summed E-state index contributed by atoms with van der Waals surface area (Å²) >= 11 is 1.68. The van der Waals surface area contributed by atoms with Gasteiger partial charge in [0.05, 0.1) is 18.2 Å². The molecule has 2 aromatic rings. The third-order valence-electron chi connectivity index (χ3n) is 4.20. The van der Waals surface area contributed by atoms with Gasteiger partial charge in [0.1, 0.15) is 0 Å². The minimum atomic E-state index is -0.177. The van der Waals surface area contributed by atoms with Crippen LogP contribution in [-0.4, -0.2) is 28.8 Å². The molecule has 1 fully saturated rings. The molecule has 0 bridgehead atoms. The van der Waals surface area contributed by atoms with Crippen LogP contribution in [0.4, 0.5) is 0 Å². The van der Waals surface area contributed by atoms with Crippen molar-refractivity contribution in [3.8, 4) is 0 Å². The number of rotatable bonds is 6. The van der Waals surface area contributed by atoms with Gasteiger partial charge in [-0.3, -0.25) is 9.48 Å². The van der Waals surface area contributed by atoms with E-state index in [0.717, 1.165) is 18.4 Å². The predicted molar refractivity (Wildman–Crippen MR) is 90.4 cm³/mol. The van der Waals surface area contributed by atoms with Crippen LogP contribution in [0.25, 0.3) is 0 Å². The van der Waals surface area contributed by atoms with Crippen LogP contribution in [0, 0.1) is 5.92 Å². The van der Waals surface area contributed by atoms with Crippen LogP contribution in [0.15, 0.2) is 29.2 Å². The van der Waals surface area contributed by atoms with Crippen LogP contribution < -0.4 is 5.32 Å². The summed E-state index contributed by atoms with van der Waals surface area (Å²) in [5.74, 6) is -0.0395. The molecule has 1 N–H and O–H groups in total. The van der Waals surface area contributed by atoms with Crippen LogP contribution in [0.3, 0.4) is 0 Å². The van der Waals surface area contributed by atoms with E-state index in [1.54, 1.807) is 11.3 Å². The zero-order chi connectivity index (χ0) is 16.2. The fourth-order valence-electron chi connectivity index (χ4n) is 2.86. The maximum Gasteiger partial charge on any atom is 0.226 e. The van der Waals surface area contributed by atoms with E-state index in [4.69, 9.17) is 4.74 Å². The second kappa shape index (κ2) is 7.27. The van der Waals surface area contributed by atoms with E-state index >= 15 is 0 Å². The van der Waals surface area contributed by atoms with E-state index in [1.807, 2.05) is 17.1 Å². The number of amides is 1. The highest BCUT2D eigenvalue weighted by molar-refractivity contribution is 7.07. The quantitative estimate of drug-likeness (QED) is 0.884. The molecule has 0 radical (unpaired) electrons. The first kappa shape index (κ1) is 16.2.